The smallest absolute Gasteiger partial charge is 0.410 e. The van der Waals surface area contributed by atoms with Crippen LogP contribution in [0.1, 0.15) is 30.5 Å². The Balaban J connectivity index is 1.55. The van der Waals surface area contributed by atoms with Gasteiger partial charge in [0.1, 0.15) is 5.75 Å². The van der Waals surface area contributed by atoms with Gasteiger partial charge in [0.15, 0.2) is 0 Å². The molecule has 1 atom stereocenters. The lowest BCUT2D eigenvalue weighted by Crippen LogP contribution is -2.23. The minimum Gasteiger partial charge on any atom is -0.410 e. The van der Waals surface area contributed by atoms with Gasteiger partial charge < -0.3 is 9.72 Å². The molecule has 0 aliphatic heterocycles. The predicted molar refractivity (Wildman–Crippen MR) is 133 cm³/mol. The molecule has 4 rings (SSSR count). The number of pyridine rings is 1. The minimum atomic E-state index is -0.836. The van der Waals surface area contributed by atoms with Gasteiger partial charge in [-0.05, 0) is 72.7 Å². The van der Waals surface area contributed by atoms with Crippen LogP contribution in [0.4, 0.5) is 10.5 Å². The maximum Gasteiger partial charge on any atom is 0.417 e. The van der Waals surface area contributed by atoms with Gasteiger partial charge in [0.2, 0.25) is 0 Å². The van der Waals surface area contributed by atoms with Crippen molar-refractivity contribution >= 4 is 22.7 Å². The van der Waals surface area contributed by atoms with Gasteiger partial charge in [-0.25, -0.2) is 4.79 Å². The van der Waals surface area contributed by atoms with E-state index in [2.05, 4.69) is 16.4 Å². The molecule has 1 amide bonds. The Morgan fingerprint density at radius 3 is 2.59 bits per heavy atom. The summed E-state index contributed by atoms with van der Waals surface area (Å²) in [4.78, 5) is 27.4. The summed E-state index contributed by atoms with van der Waals surface area (Å²) in [5.74, 6) is 0.452. The molecule has 0 bridgehead atoms. The molecule has 1 heterocycles. The number of aryl methyl sites for hydroxylation is 1. The van der Waals surface area contributed by atoms with Crippen LogP contribution in [0.5, 0.6) is 5.75 Å². The number of hydrogen-bond acceptors (Lipinski definition) is 4. The van der Waals surface area contributed by atoms with E-state index in [1.54, 1.807) is 30.3 Å². The van der Waals surface area contributed by atoms with E-state index < -0.39 is 11.5 Å². The first-order valence-electron chi connectivity index (χ1n) is 11.1. The first kappa shape index (κ1) is 22.8. The molecule has 0 fully saturated rings. The quantitative estimate of drug-likeness (QED) is 0.392. The van der Waals surface area contributed by atoms with Crippen molar-refractivity contribution in [2.24, 2.45) is 0 Å². The number of para-hydroxylation sites is 1. The van der Waals surface area contributed by atoms with E-state index in [1.807, 2.05) is 62.4 Å². The number of H-pyrrole nitrogens is 1. The van der Waals surface area contributed by atoms with E-state index in [9.17, 15) is 14.9 Å². The van der Waals surface area contributed by atoms with Gasteiger partial charge in [0, 0.05) is 16.8 Å². The molecule has 0 saturated carbocycles. The second-order valence-electron chi connectivity index (χ2n) is 8.43. The fraction of sp³-hybridized carbons (Fsp3) is 0.179. The largest absolute Gasteiger partial charge is 0.417 e. The summed E-state index contributed by atoms with van der Waals surface area (Å²) in [6, 6.07) is 26.2. The number of benzene rings is 3. The molecule has 1 aromatic heterocycles. The lowest BCUT2D eigenvalue weighted by atomic mass is 9.78. The van der Waals surface area contributed by atoms with E-state index in [0.717, 1.165) is 22.1 Å². The number of nitrogens with zero attached hydrogens (tertiary/aromatic N) is 1. The molecular weight excluding hydrogens is 426 g/mol. The van der Waals surface area contributed by atoms with Crippen LogP contribution in [0.15, 0.2) is 83.7 Å². The fourth-order valence-corrected chi connectivity index (χ4v) is 3.96. The first-order valence-corrected chi connectivity index (χ1v) is 11.1. The Labute approximate surface area is 197 Å². The van der Waals surface area contributed by atoms with Crippen LogP contribution in [0, 0.1) is 11.3 Å². The molecule has 0 aliphatic carbocycles. The van der Waals surface area contributed by atoms with E-state index in [4.69, 9.17) is 4.74 Å². The first-order chi connectivity index (χ1) is 16.4. The predicted octanol–water partition coefficient (Wildman–Crippen LogP) is 5.73. The third kappa shape index (κ3) is 5.00. The van der Waals surface area contributed by atoms with Gasteiger partial charge in [-0.15, -0.1) is 0 Å². The molecule has 0 spiro atoms. The number of amides is 1. The summed E-state index contributed by atoms with van der Waals surface area (Å²) < 4.78 is 5.29. The van der Waals surface area contributed by atoms with E-state index in [0.29, 0.717) is 29.8 Å². The number of nitrogens with one attached hydrogen (secondary N) is 2. The summed E-state index contributed by atoms with van der Waals surface area (Å²) in [6.45, 7) is 3.82. The highest BCUT2D eigenvalue weighted by atomic mass is 16.6. The SMILES string of the molecule is CCc1cc2ccc(C(C)(C#N)Cc3cccc(NC(=O)Oc4ccccc4)c3)cc2[nH]c1=O. The molecule has 0 saturated heterocycles. The number of rotatable bonds is 6. The van der Waals surface area contributed by atoms with Crippen LogP contribution >= 0.6 is 0 Å². The van der Waals surface area contributed by atoms with Crippen LogP contribution in [0.2, 0.25) is 0 Å². The summed E-state index contributed by atoms with van der Waals surface area (Å²) >= 11 is 0. The molecule has 1 unspecified atom stereocenters. The second kappa shape index (κ2) is 9.63. The maximum atomic E-state index is 12.3. The number of hydrogen-bond donors (Lipinski definition) is 2. The third-order valence-electron chi connectivity index (χ3n) is 5.87. The van der Waals surface area contributed by atoms with Gasteiger partial charge >= 0.3 is 6.09 Å². The van der Waals surface area contributed by atoms with Crippen molar-refractivity contribution in [3.8, 4) is 11.8 Å². The number of carbonyl (C=O) groups excluding carboxylic acids is 1. The van der Waals surface area contributed by atoms with Crippen LogP contribution in [-0.2, 0) is 18.3 Å². The summed E-state index contributed by atoms with van der Waals surface area (Å²) in [5.41, 5.74) is 2.78. The zero-order valence-electron chi connectivity index (χ0n) is 19.1. The van der Waals surface area contributed by atoms with E-state index in [1.165, 1.54) is 0 Å². The Hall–Kier alpha value is -4.37. The zero-order chi connectivity index (χ0) is 24.1. The second-order valence-corrected chi connectivity index (χ2v) is 8.43. The number of carbonyl (C=O) groups is 1. The summed E-state index contributed by atoms with van der Waals surface area (Å²) in [6.07, 6.45) is 0.498. The highest BCUT2D eigenvalue weighted by molar-refractivity contribution is 5.86. The highest BCUT2D eigenvalue weighted by Gasteiger charge is 2.27. The monoisotopic (exact) mass is 451 g/mol. The topological polar surface area (TPSA) is 95.0 Å². The molecule has 0 aliphatic rings. The summed E-state index contributed by atoms with van der Waals surface area (Å²) in [7, 11) is 0. The van der Waals surface area contributed by atoms with Crippen molar-refractivity contribution in [2.45, 2.75) is 32.1 Å². The van der Waals surface area contributed by atoms with Crippen LogP contribution in [0.3, 0.4) is 0 Å². The molecule has 170 valence electrons. The maximum absolute atomic E-state index is 12.3. The fourth-order valence-electron chi connectivity index (χ4n) is 3.96. The Bertz CT molecular complexity index is 1440. The molecule has 3 aromatic carbocycles. The molecular formula is C28H25N3O3. The van der Waals surface area contributed by atoms with Crippen molar-refractivity contribution < 1.29 is 9.53 Å². The number of anilines is 1. The lowest BCUT2D eigenvalue weighted by molar-refractivity contribution is 0.215. The zero-order valence-corrected chi connectivity index (χ0v) is 19.1. The molecule has 6 heteroatoms. The normalized spacial score (nSPS) is 12.5. The summed E-state index contributed by atoms with van der Waals surface area (Å²) in [5, 5.41) is 13.7. The standard InChI is InChI=1S/C28H25N3O3/c1-3-20-15-21-12-13-22(16-25(21)31-26(20)32)28(2,18-29)17-19-8-7-9-23(14-19)30-27(33)34-24-10-5-4-6-11-24/h4-16H,3,17H2,1-2H3,(H,30,33)(H,31,32). The van der Waals surface area contributed by atoms with Crippen molar-refractivity contribution in [3.05, 3.63) is 106 Å². The number of fused-ring (bicyclic) bond motifs is 1. The van der Waals surface area contributed by atoms with Crippen LogP contribution < -0.4 is 15.6 Å². The number of aromatic amines is 1. The van der Waals surface area contributed by atoms with Crippen molar-refractivity contribution in [3.63, 3.8) is 0 Å². The molecule has 0 radical (unpaired) electrons. The average Bonchev–Trinajstić information content (AvgIpc) is 2.84. The van der Waals surface area contributed by atoms with Gasteiger partial charge in [-0.1, -0.05) is 49.4 Å². The molecule has 2 N–H and O–H groups in total. The van der Waals surface area contributed by atoms with Crippen molar-refractivity contribution in [2.75, 3.05) is 5.32 Å². The van der Waals surface area contributed by atoms with Gasteiger partial charge in [-0.3, -0.25) is 10.1 Å². The highest BCUT2D eigenvalue weighted by Crippen LogP contribution is 2.30. The third-order valence-corrected chi connectivity index (χ3v) is 5.87. The van der Waals surface area contributed by atoms with E-state index >= 15 is 0 Å². The van der Waals surface area contributed by atoms with Crippen molar-refractivity contribution in [1.29, 1.82) is 5.26 Å². The molecule has 34 heavy (non-hydrogen) atoms. The van der Waals surface area contributed by atoms with E-state index in [-0.39, 0.29) is 5.56 Å². The lowest BCUT2D eigenvalue weighted by Gasteiger charge is -2.23. The minimum absolute atomic E-state index is 0.105. The Morgan fingerprint density at radius 2 is 1.85 bits per heavy atom. The van der Waals surface area contributed by atoms with Crippen LogP contribution in [0.25, 0.3) is 10.9 Å². The Kier molecular flexibility index (Phi) is 6.46. The van der Waals surface area contributed by atoms with Gasteiger partial charge in [0.25, 0.3) is 5.56 Å². The van der Waals surface area contributed by atoms with Gasteiger partial charge in [0.05, 0.1) is 11.5 Å². The Morgan fingerprint density at radius 1 is 1.06 bits per heavy atom. The number of ether oxygens (including phenoxy) is 1. The van der Waals surface area contributed by atoms with Crippen LogP contribution in [-0.4, -0.2) is 11.1 Å². The average molecular weight is 452 g/mol. The van der Waals surface area contributed by atoms with Crippen molar-refractivity contribution in [1.82, 2.24) is 4.98 Å². The van der Waals surface area contributed by atoms with Gasteiger partial charge in [-0.2, -0.15) is 5.26 Å². The molecule has 4 aromatic rings. The number of nitriles is 1. The number of aromatic nitrogens is 1. The molecule has 6 nitrogen and oxygen atoms in total.